The van der Waals surface area contributed by atoms with E-state index in [1.54, 1.807) is 13.2 Å². The monoisotopic (exact) mass is 403 g/mol. The van der Waals surface area contributed by atoms with Gasteiger partial charge in [0.25, 0.3) is 0 Å². The normalized spacial score (nSPS) is 11.0. The average Bonchev–Trinajstić information content (AvgIpc) is 3.05. The highest BCUT2D eigenvalue weighted by atomic mass is 16.5. The molecule has 0 bridgehead atoms. The van der Waals surface area contributed by atoms with Crippen molar-refractivity contribution in [3.05, 3.63) is 82.4 Å². The lowest BCUT2D eigenvalue weighted by molar-refractivity contribution is -0.117. The molecule has 0 radical (unpaired) electrons. The second-order valence-corrected chi connectivity index (χ2v) is 6.87. The largest absolute Gasteiger partial charge is 0.378 e. The smallest absolute Gasteiger partial charge is 0.352 e. The molecule has 2 heterocycles. The van der Waals surface area contributed by atoms with Gasteiger partial charge in [0.1, 0.15) is 12.4 Å². The standard InChI is InChI=1S/C22H21N5O3/c1-15-8-6-7-11-18(15)24-20(28)13-26-22(29)27-19(25-26)12-17(14-30-2)23-21(27)16-9-4-3-5-10-16/h3-12H,13-14H2,1-2H3,(H,24,28). The summed E-state index contributed by atoms with van der Waals surface area (Å²) < 4.78 is 7.76. The fraction of sp³-hybridized carbons (Fsp3) is 0.182. The quantitative estimate of drug-likeness (QED) is 0.535. The summed E-state index contributed by atoms with van der Waals surface area (Å²) in [6.45, 7) is 1.98. The third-order valence-corrected chi connectivity index (χ3v) is 4.66. The minimum atomic E-state index is -0.430. The molecule has 30 heavy (non-hydrogen) atoms. The number of carbonyl (C=O) groups is 1. The molecule has 8 nitrogen and oxygen atoms in total. The third-order valence-electron chi connectivity index (χ3n) is 4.66. The van der Waals surface area contributed by atoms with Crippen LogP contribution in [0.25, 0.3) is 17.0 Å². The van der Waals surface area contributed by atoms with Crippen LogP contribution < -0.4 is 11.0 Å². The Morgan fingerprint density at radius 3 is 2.57 bits per heavy atom. The van der Waals surface area contributed by atoms with Crippen molar-refractivity contribution in [3.8, 4) is 11.4 Å². The third kappa shape index (κ3) is 3.85. The van der Waals surface area contributed by atoms with E-state index in [9.17, 15) is 9.59 Å². The van der Waals surface area contributed by atoms with Crippen LogP contribution in [0.4, 0.5) is 5.69 Å². The molecule has 8 heteroatoms. The number of hydrogen-bond donors (Lipinski definition) is 1. The van der Waals surface area contributed by atoms with Crippen molar-refractivity contribution >= 4 is 17.2 Å². The number of nitrogens with zero attached hydrogens (tertiary/aromatic N) is 4. The highest BCUT2D eigenvalue weighted by Gasteiger charge is 2.17. The van der Waals surface area contributed by atoms with Crippen molar-refractivity contribution in [2.45, 2.75) is 20.1 Å². The molecule has 0 aliphatic rings. The molecule has 4 rings (SSSR count). The number of amides is 1. The molecule has 0 spiro atoms. The maximum atomic E-state index is 13.1. The Balaban J connectivity index is 1.73. The summed E-state index contributed by atoms with van der Waals surface area (Å²) in [6, 6.07) is 18.5. The Labute approximate surface area is 172 Å². The van der Waals surface area contributed by atoms with Crippen LogP contribution >= 0.6 is 0 Å². The van der Waals surface area contributed by atoms with Crippen LogP contribution in [0, 0.1) is 6.92 Å². The van der Waals surface area contributed by atoms with Crippen molar-refractivity contribution in [1.82, 2.24) is 19.2 Å². The van der Waals surface area contributed by atoms with Gasteiger partial charge >= 0.3 is 5.69 Å². The molecule has 0 aliphatic carbocycles. The number of aromatic nitrogens is 4. The number of hydrogen-bond acceptors (Lipinski definition) is 5. The van der Waals surface area contributed by atoms with E-state index < -0.39 is 5.69 Å². The molecule has 0 fully saturated rings. The van der Waals surface area contributed by atoms with Gasteiger partial charge in [0.2, 0.25) is 5.91 Å². The van der Waals surface area contributed by atoms with Crippen LogP contribution in [0.2, 0.25) is 0 Å². The zero-order valence-electron chi connectivity index (χ0n) is 16.7. The van der Waals surface area contributed by atoms with Crippen molar-refractivity contribution in [1.29, 1.82) is 0 Å². The number of anilines is 1. The fourth-order valence-corrected chi connectivity index (χ4v) is 3.23. The zero-order valence-corrected chi connectivity index (χ0v) is 16.7. The number of carbonyl (C=O) groups excluding carboxylic acids is 1. The lowest BCUT2D eigenvalue weighted by Gasteiger charge is -2.07. The summed E-state index contributed by atoms with van der Waals surface area (Å²) in [4.78, 5) is 30.2. The van der Waals surface area contributed by atoms with Crippen LogP contribution in [0.3, 0.4) is 0 Å². The molecule has 1 amide bonds. The topological polar surface area (TPSA) is 90.5 Å². The first kappa shape index (κ1) is 19.5. The maximum absolute atomic E-state index is 13.1. The minimum Gasteiger partial charge on any atom is -0.378 e. The molecule has 0 saturated carbocycles. The Kier molecular flexibility index (Phi) is 5.40. The van der Waals surface area contributed by atoms with Crippen LogP contribution in [-0.4, -0.2) is 32.2 Å². The van der Waals surface area contributed by atoms with Crippen LogP contribution in [-0.2, 0) is 22.7 Å². The lowest BCUT2D eigenvalue weighted by Crippen LogP contribution is -2.29. The van der Waals surface area contributed by atoms with Crippen LogP contribution in [0.5, 0.6) is 0 Å². The fourth-order valence-electron chi connectivity index (χ4n) is 3.23. The van der Waals surface area contributed by atoms with Crippen molar-refractivity contribution in [2.75, 3.05) is 12.4 Å². The van der Waals surface area contributed by atoms with E-state index in [-0.39, 0.29) is 19.1 Å². The molecule has 1 N–H and O–H groups in total. The molecule has 0 aliphatic heterocycles. The molecule has 0 saturated heterocycles. The molecular formula is C22H21N5O3. The summed E-state index contributed by atoms with van der Waals surface area (Å²) in [5.74, 6) is 0.122. The van der Waals surface area contributed by atoms with Crippen LogP contribution in [0.1, 0.15) is 11.3 Å². The summed E-state index contributed by atoms with van der Waals surface area (Å²) in [7, 11) is 1.58. The first-order valence-corrected chi connectivity index (χ1v) is 9.46. The molecule has 2 aromatic carbocycles. The van der Waals surface area contributed by atoms with Gasteiger partial charge in [-0.05, 0) is 18.6 Å². The number of methoxy groups -OCH3 is 1. The summed E-state index contributed by atoms with van der Waals surface area (Å²) in [6.07, 6.45) is 0. The van der Waals surface area contributed by atoms with Gasteiger partial charge in [0.05, 0.1) is 12.3 Å². The molecular weight excluding hydrogens is 382 g/mol. The average molecular weight is 403 g/mol. The molecule has 0 atom stereocenters. The predicted octanol–water partition coefficient (Wildman–Crippen LogP) is 2.65. The van der Waals surface area contributed by atoms with E-state index in [2.05, 4.69) is 15.4 Å². The van der Waals surface area contributed by atoms with Gasteiger partial charge in [-0.1, -0.05) is 48.5 Å². The highest BCUT2D eigenvalue weighted by molar-refractivity contribution is 5.91. The van der Waals surface area contributed by atoms with E-state index >= 15 is 0 Å². The molecule has 2 aromatic heterocycles. The Bertz CT molecular complexity index is 1260. The predicted molar refractivity (Wildman–Crippen MR) is 113 cm³/mol. The van der Waals surface area contributed by atoms with Gasteiger partial charge in [0, 0.05) is 24.4 Å². The first-order chi connectivity index (χ1) is 14.6. The SMILES string of the molecule is COCc1cc2nn(CC(=O)Nc3ccccc3C)c(=O)n2c(-c2ccccc2)n1. The van der Waals surface area contributed by atoms with Gasteiger partial charge in [-0.2, -0.15) is 0 Å². The minimum absolute atomic E-state index is 0.206. The second kappa shape index (κ2) is 8.30. The van der Waals surface area contributed by atoms with E-state index in [0.717, 1.165) is 15.8 Å². The number of para-hydroxylation sites is 1. The first-order valence-electron chi connectivity index (χ1n) is 9.46. The van der Waals surface area contributed by atoms with Gasteiger partial charge in [0.15, 0.2) is 5.65 Å². The van der Waals surface area contributed by atoms with Gasteiger partial charge in [-0.3, -0.25) is 4.79 Å². The Hall–Kier alpha value is -3.78. The molecule has 0 unspecified atom stereocenters. The molecule has 4 aromatic rings. The highest BCUT2D eigenvalue weighted by Crippen LogP contribution is 2.18. The van der Waals surface area contributed by atoms with Crippen molar-refractivity contribution in [3.63, 3.8) is 0 Å². The lowest BCUT2D eigenvalue weighted by atomic mass is 10.2. The van der Waals surface area contributed by atoms with Crippen LogP contribution in [0.15, 0.2) is 65.5 Å². The Morgan fingerprint density at radius 1 is 1.10 bits per heavy atom. The van der Waals surface area contributed by atoms with E-state index in [4.69, 9.17) is 4.74 Å². The maximum Gasteiger partial charge on any atom is 0.352 e. The number of aryl methyl sites for hydroxylation is 1. The number of rotatable bonds is 6. The van der Waals surface area contributed by atoms with Gasteiger partial charge in [-0.15, -0.1) is 5.10 Å². The van der Waals surface area contributed by atoms with Gasteiger partial charge < -0.3 is 10.1 Å². The number of fused-ring (bicyclic) bond motifs is 1. The second-order valence-electron chi connectivity index (χ2n) is 6.87. The van der Waals surface area contributed by atoms with E-state index in [1.807, 2.05) is 61.5 Å². The number of ether oxygens (including phenoxy) is 1. The number of nitrogens with one attached hydrogen (secondary N) is 1. The summed E-state index contributed by atoms with van der Waals surface area (Å²) in [5, 5.41) is 7.18. The van der Waals surface area contributed by atoms with Gasteiger partial charge in [-0.25, -0.2) is 18.9 Å². The van der Waals surface area contributed by atoms with E-state index in [1.165, 1.54) is 4.40 Å². The van der Waals surface area contributed by atoms with Crippen molar-refractivity contribution < 1.29 is 9.53 Å². The van der Waals surface area contributed by atoms with Crippen molar-refractivity contribution in [2.24, 2.45) is 0 Å². The summed E-state index contributed by atoms with van der Waals surface area (Å²) >= 11 is 0. The Morgan fingerprint density at radius 2 is 1.83 bits per heavy atom. The molecule has 152 valence electrons. The zero-order chi connectivity index (χ0) is 21.1. The number of benzene rings is 2. The van der Waals surface area contributed by atoms with E-state index in [0.29, 0.717) is 22.9 Å². The summed E-state index contributed by atoms with van der Waals surface area (Å²) in [5.41, 5.74) is 3.03.